The fourth-order valence-corrected chi connectivity index (χ4v) is 4.95. The van der Waals surface area contributed by atoms with Gasteiger partial charge in [-0.05, 0) is 56.6 Å². The molecule has 0 saturated heterocycles. The second-order valence-corrected chi connectivity index (χ2v) is 6.84. The summed E-state index contributed by atoms with van der Waals surface area (Å²) in [5, 5.41) is 5.61. The molecule has 2 fully saturated rings. The number of thiophene rings is 1. The van der Waals surface area contributed by atoms with Crippen LogP contribution in [0.4, 0.5) is 0 Å². The van der Waals surface area contributed by atoms with E-state index in [2.05, 4.69) is 23.8 Å². The van der Waals surface area contributed by atoms with Crippen molar-refractivity contribution in [3.05, 3.63) is 16.3 Å². The van der Waals surface area contributed by atoms with Crippen molar-refractivity contribution >= 4 is 11.3 Å². The van der Waals surface area contributed by atoms with Crippen molar-refractivity contribution in [2.24, 2.45) is 17.8 Å². The Kier molecular flexibility index (Phi) is 3.62. The number of hydrogen-bond donors (Lipinski definition) is 1. The summed E-state index contributed by atoms with van der Waals surface area (Å²) in [6.07, 6.45) is 7.28. The molecule has 0 spiro atoms. The number of ether oxygens (including phenoxy) is 1. The van der Waals surface area contributed by atoms with Crippen molar-refractivity contribution in [1.82, 2.24) is 5.32 Å². The first-order chi connectivity index (χ1) is 8.80. The fourth-order valence-electron chi connectivity index (χ4n) is 3.97. The van der Waals surface area contributed by atoms with Crippen LogP contribution in [0.25, 0.3) is 0 Å². The number of fused-ring (bicyclic) bond motifs is 2. The molecule has 3 heteroatoms. The van der Waals surface area contributed by atoms with Crippen molar-refractivity contribution in [2.75, 3.05) is 14.2 Å². The van der Waals surface area contributed by atoms with Crippen LogP contribution in [-0.2, 0) is 0 Å². The third-order valence-electron chi connectivity index (χ3n) is 4.95. The molecule has 18 heavy (non-hydrogen) atoms. The second-order valence-electron chi connectivity index (χ2n) is 5.90. The molecule has 0 amide bonds. The van der Waals surface area contributed by atoms with E-state index in [-0.39, 0.29) is 0 Å². The van der Waals surface area contributed by atoms with Crippen LogP contribution in [0.3, 0.4) is 0 Å². The largest absolute Gasteiger partial charge is 0.496 e. The summed E-state index contributed by atoms with van der Waals surface area (Å²) in [7, 11) is 3.83. The average Bonchev–Trinajstić information content (AvgIpc) is 3.10. The van der Waals surface area contributed by atoms with Gasteiger partial charge in [0, 0.05) is 16.3 Å². The van der Waals surface area contributed by atoms with E-state index in [1.54, 1.807) is 7.11 Å². The molecule has 0 aromatic carbocycles. The quantitative estimate of drug-likeness (QED) is 0.873. The average molecular weight is 265 g/mol. The van der Waals surface area contributed by atoms with Gasteiger partial charge in [0.25, 0.3) is 0 Å². The summed E-state index contributed by atoms with van der Waals surface area (Å²) >= 11 is 1.82. The third kappa shape index (κ3) is 2.30. The predicted octanol–water partition coefficient (Wildman–Crippen LogP) is 3.84. The van der Waals surface area contributed by atoms with E-state index in [1.807, 2.05) is 11.3 Å². The van der Waals surface area contributed by atoms with Crippen molar-refractivity contribution in [3.63, 3.8) is 0 Å². The van der Waals surface area contributed by atoms with Crippen molar-refractivity contribution in [2.45, 2.75) is 38.1 Å². The molecule has 3 rings (SSSR count). The number of nitrogens with one attached hydrogen (secondary N) is 1. The first-order valence-electron chi connectivity index (χ1n) is 7.09. The lowest BCUT2D eigenvalue weighted by atomic mass is 9.84. The van der Waals surface area contributed by atoms with Gasteiger partial charge >= 0.3 is 0 Å². The number of rotatable bonds is 5. The van der Waals surface area contributed by atoms with Gasteiger partial charge in [-0.25, -0.2) is 0 Å². The molecule has 1 aromatic rings. The Bertz CT molecular complexity index is 403. The van der Waals surface area contributed by atoms with E-state index >= 15 is 0 Å². The smallest absolute Gasteiger partial charge is 0.129 e. The molecule has 1 aromatic heterocycles. The summed E-state index contributed by atoms with van der Waals surface area (Å²) in [5.41, 5.74) is 0. The Morgan fingerprint density at radius 3 is 2.89 bits per heavy atom. The van der Waals surface area contributed by atoms with Crippen LogP contribution >= 0.6 is 11.3 Å². The van der Waals surface area contributed by atoms with Gasteiger partial charge in [-0.3, -0.25) is 0 Å². The van der Waals surface area contributed by atoms with E-state index in [0.717, 1.165) is 23.5 Å². The van der Waals surface area contributed by atoms with Gasteiger partial charge < -0.3 is 10.1 Å². The molecule has 1 N–H and O–H groups in total. The highest BCUT2D eigenvalue weighted by atomic mass is 32.1. The van der Waals surface area contributed by atoms with Crippen LogP contribution in [-0.4, -0.2) is 14.2 Å². The van der Waals surface area contributed by atoms with Crippen molar-refractivity contribution < 1.29 is 4.74 Å². The summed E-state index contributed by atoms with van der Waals surface area (Å²) in [6.45, 7) is 0. The van der Waals surface area contributed by atoms with Gasteiger partial charge in [0.1, 0.15) is 5.75 Å². The molecule has 2 aliphatic carbocycles. The highest BCUT2D eigenvalue weighted by molar-refractivity contribution is 7.10. The van der Waals surface area contributed by atoms with Crippen LogP contribution in [0, 0.1) is 17.8 Å². The topological polar surface area (TPSA) is 21.3 Å². The van der Waals surface area contributed by atoms with Gasteiger partial charge in [-0.1, -0.05) is 6.42 Å². The second kappa shape index (κ2) is 5.22. The Labute approximate surface area is 114 Å². The molecule has 0 aliphatic heterocycles. The van der Waals surface area contributed by atoms with Crippen molar-refractivity contribution in [1.29, 1.82) is 0 Å². The maximum absolute atomic E-state index is 5.29. The first-order valence-corrected chi connectivity index (χ1v) is 7.97. The normalized spacial score (nSPS) is 31.8. The Balaban J connectivity index is 1.65. The molecule has 2 bridgehead atoms. The Morgan fingerprint density at radius 1 is 1.44 bits per heavy atom. The molecule has 100 valence electrons. The van der Waals surface area contributed by atoms with E-state index < -0.39 is 0 Å². The maximum atomic E-state index is 5.29. The first kappa shape index (κ1) is 12.5. The zero-order valence-corrected chi connectivity index (χ0v) is 12.1. The van der Waals surface area contributed by atoms with E-state index in [4.69, 9.17) is 4.74 Å². The molecular weight excluding hydrogens is 242 g/mol. The summed E-state index contributed by atoms with van der Waals surface area (Å²) in [5.74, 6) is 4.03. The summed E-state index contributed by atoms with van der Waals surface area (Å²) < 4.78 is 5.29. The molecule has 2 saturated carbocycles. The van der Waals surface area contributed by atoms with Gasteiger partial charge in [0.2, 0.25) is 0 Å². The molecule has 2 aliphatic rings. The predicted molar refractivity (Wildman–Crippen MR) is 76.2 cm³/mol. The molecule has 0 radical (unpaired) electrons. The summed E-state index contributed by atoms with van der Waals surface area (Å²) in [4.78, 5) is 1.43. The maximum Gasteiger partial charge on any atom is 0.129 e. The molecule has 4 unspecified atom stereocenters. The number of methoxy groups -OCH3 is 1. The minimum atomic E-state index is 0.517. The highest BCUT2D eigenvalue weighted by Crippen LogP contribution is 2.51. The van der Waals surface area contributed by atoms with E-state index in [0.29, 0.717) is 6.04 Å². The molecule has 1 heterocycles. The van der Waals surface area contributed by atoms with Crippen LogP contribution in [0.15, 0.2) is 11.4 Å². The fraction of sp³-hybridized carbons (Fsp3) is 0.733. The lowest BCUT2D eigenvalue weighted by molar-refractivity contribution is 0.285. The molecule has 4 atom stereocenters. The highest BCUT2D eigenvalue weighted by Gasteiger charge is 2.40. The van der Waals surface area contributed by atoms with Crippen LogP contribution in [0.2, 0.25) is 0 Å². The standard InChI is InChI=1S/C15H23NOS/c1-16-14(15-8-13(17-2)9-18-15)7-12-6-10-3-4-11(12)5-10/h8-12,14,16H,3-7H2,1-2H3. The molecule has 2 nitrogen and oxygen atoms in total. The molecular formula is C15H23NOS. The minimum absolute atomic E-state index is 0.517. The van der Waals surface area contributed by atoms with Gasteiger partial charge in [-0.2, -0.15) is 0 Å². The lowest BCUT2D eigenvalue weighted by Gasteiger charge is -2.26. The van der Waals surface area contributed by atoms with Crippen LogP contribution in [0.5, 0.6) is 5.75 Å². The van der Waals surface area contributed by atoms with Crippen LogP contribution < -0.4 is 10.1 Å². The van der Waals surface area contributed by atoms with Crippen LogP contribution in [0.1, 0.15) is 43.0 Å². The minimum Gasteiger partial charge on any atom is -0.496 e. The monoisotopic (exact) mass is 265 g/mol. The van der Waals surface area contributed by atoms with E-state index in [1.165, 1.54) is 37.0 Å². The van der Waals surface area contributed by atoms with Gasteiger partial charge in [0.05, 0.1) is 7.11 Å². The number of hydrogen-bond acceptors (Lipinski definition) is 3. The Morgan fingerprint density at radius 2 is 2.33 bits per heavy atom. The van der Waals surface area contributed by atoms with Gasteiger partial charge in [-0.15, -0.1) is 11.3 Å². The zero-order valence-electron chi connectivity index (χ0n) is 11.3. The zero-order chi connectivity index (χ0) is 12.5. The third-order valence-corrected chi connectivity index (χ3v) is 5.97. The summed E-state index contributed by atoms with van der Waals surface area (Å²) in [6, 6.07) is 2.71. The SMILES string of the molecule is CNC(CC1CC2CCC1C2)c1cc(OC)cs1. The lowest BCUT2D eigenvalue weighted by Crippen LogP contribution is -2.21. The Hall–Kier alpha value is -0.540. The van der Waals surface area contributed by atoms with Gasteiger partial charge in [0.15, 0.2) is 0 Å². The van der Waals surface area contributed by atoms with Crippen molar-refractivity contribution in [3.8, 4) is 5.75 Å². The van der Waals surface area contributed by atoms with E-state index in [9.17, 15) is 0 Å².